The van der Waals surface area contributed by atoms with Crippen LogP contribution >= 0.6 is 0 Å². The van der Waals surface area contributed by atoms with Crippen LogP contribution in [-0.2, 0) is 9.53 Å². The molecule has 0 aromatic heterocycles. The third-order valence-corrected chi connectivity index (χ3v) is 3.27. The zero-order valence-electron chi connectivity index (χ0n) is 12.6. The summed E-state index contributed by atoms with van der Waals surface area (Å²) in [6.45, 7) is 3.44. The van der Waals surface area contributed by atoms with Crippen LogP contribution in [0.25, 0.3) is 0 Å². The Morgan fingerprint density at radius 1 is 1.48 bits per heavy atom. The fourth-order valence-corrected chi connectivity index (χ4v) is 2.05. The van der Waals surface area contributed by atoms with Crippen molar-refractivity contribution in [2.75, 3.05) is 14.2 Å². The minimum atomic E-state index is -0.919. The summed E-state index contributed by atoms with van der Waals surface area (Å²) < 4.78 is 10.4. The van der Waals surface area contributed by atoms with Crippen LogP contribution in [0.4, 0.5) is 5.69 Å². The lowest BCUT2D eigenvalue weighted by molar-refractivity contribution is -0.386. The second kappa shape index (κ2) is 7.03. The van der Waals surface area contributed by atoms with E-state index < -0.39 is 22.5 Å². The molecule has 1 N–H and O–H groups in total. The van der Waals surface area contributed by atoms with Gasteiger partial charge in [0.15, 0.2) is 5.75 Å². The molecule has 7 nitrogen and oxygen atoms in total. The van der Waals surface area contributed by atoms with Gasteiger partial charge in [0.25, 0.3) is 0 Å². The summed E-state index contributed by atoms with van der Waals surface area (Å²) in [5.41, 5.74) is -1.02. The molecule has 1 rings (SSSR count). The zero-order valence-corrected chi connectivity index (χ0v) is 12.6. The number of nitrogens with one attached hydrogen (secondary N) is 1. The quantitative estimate of drug-likeness (QED) is 0.469. The van der Waals surface area contributed by atoms with Crippen LogP contribution in [0.3, 0.4) is 0 Å². The molecule has 21 heavy (non-hydrogen) atoms. The van der Waals surface area contributed by atoms with Gasteiger partial charge in [0.2, 0.25) is 0 Å². The molecule has 1 aromatic carbocycles. The first-order valence-electron chi connectivity index (χ1n) is 6.51. The van der Waals surface area contributed by atoms with Crippen LogP contribution < -0.4 is 10.1 Å². The highest BCUT2D eigenvalue weighted by molar-refractivity contribution is 5.80. The molecule has 0 bridgehead atoms. The number of nitrogens with zero attached hydrogens (tertiary/aromatic N) is 1. The molecule has 2 unspecified atom stereocenters. The Hall–Kier alpha value is -2.15. The maximum absolute atomic E-state index is 11.8. The summed E-state index contributed by atoms with van der Waals surface area (Å²) in [7, 11) is 2.96. The van der Waals surface area contributed by atoms with E-state index in [0.29, 0.717) is 6.42 Å². The Kier molecular flexibility index (Phi) is 5.66. The van der Waals surface area contributed by atoms with E-state index in [-0.39, 0.29) is 11.4 Å². The SMILES string of the molecule is CNC(C)(CC(C)Oc1ccccc1[N+](=O)[O-])C(=O)OC. The summed E-state index contributed by atoms with van der Waals surface area (Å²) in [5.74, 6) is -0.235. The van der Waals surface area contributed by atoms with Gasteiger partial charge in [0.05, 0.1) is 18.1 Å². The van der Waals surface area contributed by atoms with Crippen LogP contribution in [-0.4, -0.2) is 36.7 Å². The van der Waals surface area contributed by atoms with E-state index in [9.17, 15) is 14.9 Å². The number of para-hydroxylation sites is 2. The summed E-state index contributed by atoms with van der Waals surface area (Å²) >= 11 is 0. The van der Waals surface area contributed by atoms with Gasteiger partial charge in [-0.15, -0.1) is 0 Å². The minimum absolute atomic E-state index is 0.103. The van der Waals surface area contributed by atoms with Crippen LogP contribution in [0, 0.1) is 10.1 Å². The molecule has 0 fully saturated rings. The predicted octanol–water partition coefficient (Wildman–Crippen LogP) is 1.90. The first kappa shape index (κ1) is 16.9. The highest BCUT2D eigenvalue weighted by atomic mass is 16.6. The highest BCUT2D eigenvalue weighted by Crippen LogP contribution is 2.28. The number of nitro benzene ring substituents is 1. The molecule has 1 aromatic rings. The third-order valence-electron chi connectivity index (χ3n) is 3.27. The van der Waals surface area contributed by atoms with E-state index in [0.717, 1.165) is 0 Å². The largest absolute Gasteiger partial charge is 0.484 e. The first-order chi connectivity index (χ1) is 9.84. The molecule has 7 heteroatoms. The summed E-state index contributed by atoms with van der Waals surface area (Å²) in [5, 5.41) is 13.8. The van der Waals surface area contributed by atoms with Gasteiger partial charge in [-0.2, -0.15) is 0 Å². The van der Waals surface area contributed by atoms with Gasteiger partial charge in [-0.3, -0.25) is 14.9 Å². The number of carbonyl (C=O) groups is 1. The van der Waals surface area contributed by atoms with E-state index in [2.05, 4.69) is 5.32 Å². The standard InChI is InChI=1S/C14H20N2O5/c1-10(9-14(2,15-3)13(17)20-4)21-12-8-6-5-7-11(12)16(18)19/h5-8,10,15H,9H2,1-4H3. The number of carbonyl (C=O) groups excluding carboxylic acids is 1. The lowest BCUT2D eigenvalue weighted by atomic mass is 9.95. The predicted molar refractivity (Wildman–Crippen MR) is 77.3 cm³/mol. The van der Waals surface area contributed by atoms with Crippen molar-refractivity contribution in [3.8, 4) is 5.75 Å². The Labute approximate surface area is 123 Å². The van der Waals surface area contributed by atoms with E-state index >= 15 is 0 Å². The van der Waals surface area contributed by atoms with Crippen LogP contribution in [0.15, 0.2) is 24.3 Å². The monoisotopic (exact) mass is 296 g/mol. The summed E-state index contributed by atoms with van der Waals surface area (Å²) in [6, 6.07) is 6.14. The molecule has 0 heterocycles. The molecule has 116 valence electrons. The lowest BCUT2D eigenvalue weighted by Crippen LogP contribution is -2.50. The maximum atomic E-state index is 11.8. The van der Waals surface area contributed by atoms with E-state index in [4.69, 9.17) is 9.47 Å². The second-order valence-corrected chi connectivity index (χ2v) is 4.93. The number of likely N-dealkylation sites (N-methyl/N-ethyl adjacent to an activating group) is 1. The summed E-state index contributed by atoms with van der Waals surface area (Å²) in [4.78, 5) is 22.2. The average molecular weight is 296 g/mol. The van der Waals surface area contributed by atoms with Crippen molar-refractivity contribution in [1.82, 2.24) is 5.32 Å². The van der Waals surface area contributed by atoms with E-state index in [1.807, 2.05) is 0 Å². The third kappa shape index (κ3) is 4.16. The number of ether oxygens (including phenoxy) is 2. The Morgan fingerprint density at radius 3 is 2.62 bits per heavy atom. The molecule has 0 radical (unpaired) electrons. The van der Waals surface area contributed by atoms with Crippen LogP contribution in [0.5, 0.6) is 5.75 Å². The number of benzene rings is 1. The van der Waals surface area contributed by atoms with Gasteiger partial charge in [0, 0.05) is 12.5 Å². The molecule has 0 saturated heterocycles. The lowest BCUT2D eigenvalue weighted by Gasteiger charge is -2.29. The van der Waals surface area contributed by atoms with Crippen molar-refractivity contribution < 1.29 is 19.2 Å². The number of rotatable bonds is 7. The van der Waals surface area contributed by atoms with Crippen molar-refractivity contribution in [2.45, 2.75) is 31.9 Å². The van der Waals surface area contributed by atoms with Gasteiger partial charge < -0.3 is 14.8 Å². The molecular formula is C14H20N2O5. The van der Waals surface area contributed by atoms with E-state index in [1.54, 1.807) is 33.0 Å². The summed E-state index contributed by atoms with van der Waals surface area (Å²) in [6.07, 6.45) is -0.106. The Morgan fingerprint density at radius 2 is 2.10 bits per heavy atom. The average Bonchev–Trinajstić information content (AvgIpc) is 2.46. The number of esters is 1. The molecular weight excluding hydrogens is 276 g/mol. The topological polar surface area (TPSA) is 90.7 Å². The van der Waals surface area contributed by atoms with Crippen molar-refractivity contribution in [1.29, 1.82) is 0 Å². The number of methoxy groups -OCH3 is 1. The van der Waals surface area contributed by atoms with Crippen molar-refractivity contribution in [3.05, 3.63) is 34.4 Å². The minimum Gasteiger partial charge on any atom is -0.484 e. The smallest absolute Gasteiger partial charge is 0.325 e. The van der Waals surface area contributed by atoms with Crippen LogP contribution in [0.2, 0.25) is 0 Å². The van der Waals surface area contributed by atoms with E-state index in [1.165, 1.54) is 19.2 Å². The first-order valence-corrected chi connectivity index (χ1v) is 6.51. The van der Waals surface area contributed by atoms with Gasteiger partial charge >= 0.3 is 11.7 Å². The molecule has 0 aliphatic heterocycles. The highest BCUT2D eigenvalue weighted by Gasteiger charge is 2.35. The molecule has 2 atom stereocenters. The number of hydrogen-bond donors (Lipinski definition) is 1. The maximum Gasteiger partial charge on any atom is 0.325 e. The fraction of sp³-hybridized carbons (Fsp3) is 0.500. The Balaban J connectivity index is 2.85. The molecule has 0 spiro atoms. The normalized spacial score (nSPS) is 14.9. The van der Waals surface area contributed by atoms with Crippen molar-refractivity contribution in [2.24, 2.45) is 0 Å². The van der Waals surface area contributed by atoms with Gasteiger partial charge in [0.1, 0.15) is 5.54 Å². The van der Waals surface area contributed by atoms with Crippen LogP contribution in [0.1, 0.15) is 20.3 Å². The van der Waals surface area contributed by atoms with Crippen molar-refractivity contribution >= 4 is 11.7 Å². The van der Waals surface area contributed by atoms with Gasteiger partial charge in [-0.25, -0.2) is 0 Å². The van der Waals surface area contributed by atoms with Gasteiger partial charge in [-0.05, 0) is 27.0 Å². The van der Waals surface area contributed by atoms with Crippen molar-refractivity contribution in [3.63, 3.8) is 0 Å². The molecule has 0 saturated carbocycles. The fourth-order valence-electron chi connectivity index (χ4n) is 2.05. The zero-order chi connectivity index (χ0) is 16.0. The molecule has 0 amide bonds. The Bertz CT molecular complexity index is 520. The molecule has 0 aliphatic rings. The molecule has 0 aliphatic carbocycles. The second-order valence-electron chi connectivity index (χ2n) is 4.93. The number of nitro groups is 1. The van der Waals surface area contributed by atoms with Gasteiger partial charge in [-0.1, -0.05) is 12.1 Å². The number of hydrogen-bond acceptors (Lipinski definition) is 6.